The Morgan fingerprint density at radius 2 is 1.96 bits per heavy atom. The van der Waals surface area contributed by atoms with E-state index in [1.54, 1.807) is 30.3 Å². The Morgan fingerprint density at radius 3 is 2.65 bits per heavy atom. The second-order valence-electron chi connectivity index (χ2n) is 5.22. The Morgan fingerprint density at radius 1 is 1.19 bits per heavy atom. The number of thiophene rings is 1. The third kappa shape index (κ3) is 5.57. The molecule has 2 rings (SSSR count). The molecule has 0 unspecified atom stereocenters. The summed E-state index contributed by atoms with van der Waals surface area (Å²) in [4.78, 5) is 36.2. The molecule has 1 heterocycles. The summed E-state index contributed by atoms with van der Waals surface area (Å²) < 4.78 is 5.00. The number of carbonyl (C=O) groups is 3. The average Bonchev–Trinajstić information content (AvgIpc) is 3.01. The Balaban J connectivity index is 1.94. The monoisotopic (exact) mass is 440 g/mol. The summed E-state index contributed by atoms with van der Waals surface area (Å²) in [6, 6.07) is 8.15. The maximum Gasteiger partial charge on any atom is 0.307 e. The van der Waals surface area contributed by atoms with Gasteiger partial charge in [0.05, 0.1) is 18.4 Å². The molecule has 2 amide bonds. The van der Waals surface area contributed by atoms with Gasteiger partial charge in [0.1, 0.15) is 10.6 Å². The summed E-state index contributed by atoms with van der Waals surface area (Å²) in [6.07, 6.45) is 0.0719. The quantitative estimate of drug-likeness (QED) is 0.573. The van der Waals surface area contributed by atoms with Gasteiger partial charge in [-0.25, -0.2) is 0 Å². The van der Waals surface area contributed by atoms with Crippen molar-refractivity contribution in [3.63, 3.8) is 0 Å². The van der Waals surface area contributed by atoms with Gasteiger partial charge >= 0.3 is 5.97 Å². The fourth-order valence-corrected chi connectivity index (χ4v) is 3.72. The molecule has 138 valence electrons. The normalized spacial score (nSPS) is 10.2. The number of nitrogens with one attached hydrogen (secondary N) is 2. The van der Waals surface area contributed by atoms with Crippen molar-refractivity contribution < 1.29 is 24.2 Å². The number of aromatic hydroxyl groups is 1. The van der Waals surface area contributed by atoms with Crippen LogP contribution in [0.25, 0.3) is 0 Å². The highest BCUT2D eigenvalue weighted by molar-refractivity contribution is 9.10. The highest BCUT2D eigenvalue weighted by Gasteiger charge is 2.18. The summed E-state index contributed by atoms with van der Waals surface area (Å²) in [6.45, 7) is 0.401. The van der Waals surface area contributed by atoms with Crippen molar-refractivity contribution in [2.24, 2.45) is 0 Å². The molecule has 2 aromatic rings. The zero-order chi connectivity index (χ0) is 19.1. The second kappa shape index (κ2) is 9.35. The summed E-state index contributed by atoms with van der Waals surface area (Å²) in [5, 5.41) is 14.8. The predicted octanol–water partition coefficient (Wildman–Crippen LogP) is 2.44. The van der Waals surface area contributed by atoms with E-state index >= 15 is 0 Å². The van der Waals surface area contributed by atoms with E-state index in [0.717, 1.165) is 16.9 Å². The fourth-order valence-electron chi connectivity index (χ4n) is 2.03. The largest absolute Gasteiger partial charge is 0.508 e. The van der Waals surface area contributed by atoms with Crippen LogP contribution >= 0.6 is 27.3 Å². The van der Waals surface area contributed by atoms with Gasteiger partial charge in [0, 0.05) is 17.6 Å². The third-order valence-corrected chi connectivity index (χ3v) is 5.34. The van der Waals surface area contributed by atoms with Gasteiger partial charge in [-0.1, -0.05) is 12.1 Å². The van der Waals surface area contributed by atoms with Crippen LogP contribution in [0.15, 0.2) is 34.8 Å². The zero-order valence-corrected chi connectivity index (χ0v) is 16.3. The number of halogens is 1. The molecule has 0 fully saturated rings. The minimum Gasteiger partial charge on any atom is -0.508 e. The standard InChI is InChI=1S/C17H17BrN2O5S/c1-25-14(22)5-6-19-17(24)15-12(18)8-13(26-15)16(23)20-9-10-3-2-4-11(21)7-10/h2-4,7-8,21H,5-6,9H2,1H3,(H,19,24)(H,20,23). The van der Waals surface area contributed by atoms with Crippen molar-refractivity contribution in [3.8, 4) is 5.75 Å². The molecule has 0 aliphatic heterocycles. The first-order valence-corrected chi connectivity index (χ1v) is 9.22. The number of hydrogen-bond acceptors (Lipinski definition) is 6. The number of carbonyl (C=O) groups excluding carboxylic acids is 3. The molecular weight excluding hydrogens is 424 g/mol. The van der Waals surface area contributed by atoms with Gasteiger partial charge in [-0.2, -0.15) is 0 Å². The first-order valence-electron chi connectivity index (χ1n) is 7.61. The van der Waals surface area contributed by atoms with Crippen molar-refractivity contribution in [2.45, 2.75) is 13.0 Å². The summed E-state index contributed by atoms with van der Waals surface area (Å²) >= 11 is 4.31. The van der Waals surface area contributed by atoms with E-state index < -0.39 is 5.97 Å². The average molecular weight is 441 g/mol. The van der Waals surface area contributed by atoms with E-state index in [0.29, 0.717) is 14.2 Å². The molecule has 0 saturated heterocycles. The van der Waals surface area contributed by atoms with E-state index in [1.807, 2.05) is 0 Å². The molecule has 0 atom stereocenters. The fraction of sp³-hybridized carbons (Fsp3) is 0.235. The molecule has 1 aromatic heterocycles. The van der Waals surface area contributed by atoms with Gasteiger partial charge < -0.3 is 20.5 Å². The maximum atomic E-state index is 12.3. The number of phenolic OH excluding ortho intramolecular Hbond substituents is 1. The van der Waals surface area contributed by atoms with Crippen molar-refractivity contribution in [3.05, 3.63) is 50.1 Å². The van der Waals surface area contributed by atoms with Crippen molar-refractivity contribution >= 4 is 45.1 Å². The lowest BCUT2D eigenvalue weighted by atomic mass is 10.2. The van der Waals surface area contributed by atoms with Gasteiger partial charge in [-0.3, -0.25) is 14.4 Å². The van der Waals surface area contributed by atoms with Crippen LogP contribution in [0.4, 0.5) is 0 Å². The molecule has 0 aliphatic rings. The highest BCUT2D eigenvalue weighted by Crippen LogP contribution is 2.27. The van der Waals surface area contributed by atoms with E-state index in [1.165, 1.54) is 7.11 Å². The Bertz CT molecular complexity index is 821. The second-order valence-corrected chi connectivity index (χ2v) is 7.13. The van der Waals surface area contributed by atoms with Crippen LogP contribution in [-0.2, 0) is 16.1 Å². The van der Waals surface area contributed by atoms with Crippen LogP contribution in [0.3, 0.4) is 0 Å². The summed E-state index contributed by atoms with van der Waals surface area (Å²) in [5.41, 5.74) is 0.759. The van der Waals surface area contributed by atoms with E-state index in [-0.39, 0.29) is 37.1 Å². The van der Waals surface area contributed by atoms with E-state index in [2.05, 4.69) is 31.3 Å². The smallest absolute Gasteiger partial charge is 0.307 e. The molecular formula is C17H17BrN2O5S. The molecule has 9 heteroatoms. The first-order chi connectivity index (χ1) is 12.4. The van der Waals surface area contributed by atoms with Crippen LogP contribution in [-0.4, -0.2) is 36.5 Å². The minimum atomic E-state index is -0.414. The number of amides is 2. The number of rotatable bonds is 7. The molecule has 0 spiro atoms. The SMILES string of the molecule is COC(=O)CCNC(=O)c1sc(C(=O)NCc2cccc(O)c2)cc1Br. The van der Waals surface area contributed by atoms with Crippen LogP contribution < -0.4 is 10.6 Å². The van der Waals surface area contributed by atoms with Gasteiger partial charge in [0.15, 0.2) is 0 Å². The number of ether oxygens (including phenoxy) is 1. The molecule has 1 aromatic carbocycles. The molecule has 0 radical (unpaired) electrons. The zero-order valence-electron chi connectivity index (χ0n) is 13.9. The molecule has 3 N–H and O–H groups in total. The van der Waals surface area contributed by atoms with Crippen LogP contribution in [0.1, 0.15) is 31.3 Å². The lowest BCUT2D eigenvalue weighted by Gasteiger charge is -2.04. The molecule has 26 heavy (non-hydrogen) atoms. The Kier molecular flexibility index (Phi) is 7.16. The number of phenols is 1. The Hall–Kier alpha value is -2.39. The van der Waals surface area contributed by atoms with Crippen LogP contribution in [0.2, 0.25) is 0 Å². The highest BCUT2D eigenvalue weighted by atomic mass is 79.9. The summed E-state index contributed by atoms with van der Waals surface area (Å²) in [7, 11) is 1.28. The lowest BCUT2D eigenvalue weighted by molar-refractivity contribution is -0.140. The van der Waals surface area contributed by atoms with Crippen molar-refractivity contribution in [1.82, 2.24) is 10.6 Å². The van der Waals surface area contributed by atoms with Crippen molar-refractivity contribution in [2.75, 3.05) is 13.7 Å². The maximum absolute atomic E-state index is 12.3. The lowest BCUT2D eigenvalue weighted by Crippen LogP contribution is -2.25. The molecule has 0 aliphatic carbocycles. The third-order valence-electron chi connectivity index (χ3n) is 3.32. The number of benzene rings is 1. The topological polar surface area (TPSA) is 105 Å². The van der Waals surface area contributed by atoms with E-state index in [4.69, 9.17) is 0 Å². The molecule has 0 saturated carbocycles. The van der Waals surface area contributed by atoms with Gasteiger partial charge in [0.2, 0.25) is 0 Å². The number of hydrogen-bond donors (Lipinski definition) is 3. The van der Waals surface area contributed by atoms with Gasteiger partial charge in [-0.05, 0) is 39.7 Å². The van der Waals surface area contributed by atoms with Crippen molar-refractivity contribution in [1.29, 1.82) is 0 Å². The van der Waals surface area contributed by atoms with Crippen LogP contribution in [0.5, 0.6) is 5.75 Å². The van der Waals surface area contributed by atoms with Gasteiger partial charge in [0.25, 0.3) is 11.8 Å². The Labute approximate surface area is 162 Å². The number of methoxy groups -OCH3 is 1. The van der Waals surface area contributed by atoms with E-state index in [9.17, 15) is 19.5 Å². The molecule has 0 bridgehead atoms. The minimum absolute atomic E-state index is 0.0719. The predicted molar refractivity (Wildman–Crippen MR) is 100 cm³/mol. The number of esters is 1. The first kappa shape index (κ1) is 19.9. The van der Waals surface area contributed by atoms with Crippen LogP contribution in [0, 0.1) is 0 Å². The van der Waals surface area contributed by atoms with Gasteiger partial charge in [-0.15, -0.1) is 11.3 Å². The molecule has 7 nitrogen and oxygen atoms in total. The summed E-state index contributed by atoms with van der Waals surface area (Å²) in [5.74, 6) is -0.991.